The fraction of sp³-hybridized carbons (Fsp3) is 0.267. The maximum Gasteiger partial charge on any atom is 0.156 e. The van der Waals surface area contributed by atoms with Crippen molar-refractivity contribution in [1.82, 2.24) is 19.4 Å². The molecule has 3 heterocycles. The zero-order valence-electron chi connectivity index (χ0n) is 11.9. The third-order valence-corrected chi connectivity index (χ3v) is 3.54. The van der Waals surface area contributed by atoms with Crippen molar-refractivity contribution in [2.75, 3.05) is 0 Å². The Bertz CT molecular complexity index is 800. The highest BCUT2D eigenvalue weighted by Gasteiger charge is 2.17. The predicted molar refractivity (Wildman–Crippen MR) is 82.6 cm³/mol. The number of imidazole rings is 1. The summed E-state index contributed by atoms with van der Waals surface area (Å²) in [6.07, 6.45) is 5.50. The van der Waals surface area contributed by atoms with Crippen LogP contribution in [-0.4, -0.2) is 19.4 Å². The summed E-state index contributed by atoms with van der Waals surface area (Å²) < 4.78 is 15.8. The first-order valence-corrected chi connectivity index (χ1v) is 7.31. The molecule has 4 nitrogen and oxygen atoms in total. The van der Waals surface area contributed by atoms with Crippen LogP contribution in [0.4, 0.5) is 4.39 Å². The third kappa shape index (κ3) is 2.81. The fourth-order valence-corrected chi connectivity index (χ4v) is 2.42. The Balaban J connectivity index is 2.13. The standard InChI is InChI=1S/C15H14BrFN4/c1-15(2,3)12-8-21-7-11(20-14(21)6-18-12)10-4-9(17)5-13(16)19-10/h4-8H,1-3H3. The largest absolute Gasteiger partial charge is 0.303 e. The fourth-order valence-electron chi connectivity index (χ4n) is 2.01. The highest BCUT2D eigenvalue weighted by Crippen LogP contribution is 2.23. The molecule has 3 aromatic heterocycles. The number of fused-ring (bicyclic) bond motifs is 1. The molecule has 0 aliphatic carbocycles. The van der Waals surface area contributed by atoms with E-state index in [0.29, 0.717) is 21.6 Å². The quantitative estimate of drug-likeness (QED) is 0.624. The van der Waals surface area contributed by atoms with Crippen molar-refractivity contribution in [3.05, 3.63) is 46.8 Å². The van der Waals surface area contributed by atoms with Gasteiger partial charge in [0, 0.05) is 29.9 Å². The lowest BCUT2D eigenvalue weighted by Crippen LogP contribution is -2.14. The monoisotopic (exact) mass is 348 g/mol. The van der Waals surface area contributed by atoms with Crippen LogP contribution in [0.15, 0.2) is 35.3 Å². The molecule has 0 aliphatic heterocycles. The van der Waals surface area contributed by atoms with Gasteiger partial charge in [-0.2, -0.15) is 0 Å². The molecule has 0 aliphatic rings. The minimum atomic E-state index is -0.350. The van der Waals surface area contributed by atoms with E-state index in [1.165, 1.54) is 12.1 Å². The SMILES string of the molecule is CC(C)(C)c1cn2cc(-c3cc(F)cc(Br)n3)nc2cn1. The van der Waals surface area contributed by atoms with Crippen LogP contribution in [-0.2, 0) is 5.41 Å². The normalized spacial score (nSPS) is 12.0. The van der Waals surface area contributed by atoms with Gasteiger partial charge in [-0.1, -0.05) is 20.8 Å². The van der Waals surface area contributed by atoms with Crippen molar-refractivity contribution in [2.24, 2.45) is 0 Å². The van der Waals surface area contributed by atoms with E-state index >= 15 is 0 Å². The summed E-state index contributed by atoms with van der Waals surface area (Å²) in [7, 11) is 0. The molecule has 0 radical (unpaired) electrons. The summed E-state index contributed by atoms with van der Waals surface area (Å²) >= 11 is 3.19. The van der Waals surface area contributed by atoms with Gasteiger partial charge in [-0.05, 0) is 15.9 Å². The summed E-state index contributed by atoms with van der Waals surface area (Å²) in [6, 6.07) is 2.68. The van der Waals surface area contributed by atoms with Crippen molar-refractivity contribution >= 4 is 21.6 Å². The van der Waals surface area contributed by atoms with E-state index in [2.05, 4.69) is 51.7 Å². The molecule has 3 aromatic rings. The van der Waals surface area contributed by atoms with Crippen LogP contribution in [0.1, 0.15) is 26.5 Å². The minimum Gasteiger partial charge on any atom is -0.303 e. The molecule has 6 heteroatoms. The van der Waals surface area contributed by atoms with Crippen molar-refractivity contribution in [2.45, 2.75) is 26.2 Å². The number of hydrogen-bond acceptors (Lipinski definition) is 3. The van der Waals surface area contributed by atoms with Gasteiger partial charge in [0.15, 0.2) is 5.65 Å². The molecule has 0 atom stereocenters. The van der Waals surface area contributed by atoms with Crippen LogP contribution in [0.5, 0.6) is 0 Å². The smallest absolute Gasteiger partial charge is 0.156 e. The minimum absolute atomic E-state index is 0.0429. The Hall–Kier alpha value is -1.82. The van der Waals surface area contributed by atoms with Gasteiger partial charge in [-0.3, -0.25) is 4.98 Å². The van der Waals surface area contributed by atoms with Gasteiger partial charge >= 0.3 is 0 Å². The van der Waals surface area contributed by atoms with Crippen molar-refractivity contribution in [1.29, 1.82) is 0 Å². The average molecular weight is 349 g/mol. The van der Waals surface area contributed by atoms with Gasteiger partial charge in [0.25, 0.3) is 0 Å². The van der Waals surface area contributed by atoms with E-state index < -0.39 is 0 Å². The summed E-state index contributed by atoms with van der Waals surface area (Å²) in [4.78, 5) is 13.1. The second-order valence-corrected chi connectivity index (χ2v) is 6.72. The molecule has 21 heavy (non-hydrogen) atoms. The molecule has 0 spiro atoms. The number of hydrogen-bond donors (Lipinski definition) is 0. The van der Waals surface area contributed by atoms with E-state index in [1.807, 2.05) is 16.8 Å². The second kappa shape index (κ2) is 4.87. The lowest BCUT2D eigenvalue weighted by atomic mass is 9.93. The van der Waals surface area contributed by atoms with Crippen LogP contribution < -0.4 is 0 Å². The molecule has 0 bridgehead atoms. The number of halogens is 2. The number of nitrogens with zero attached hydrogens (tertiary/aromatic N) is 4. The Morgan fingerprint density at radius 1 is 1.10 bits per heavy atom. The topological polar surface area (TPSA) is 43.1 Å². The molecule has 0 amide bonds. The van der Waals surface area contributed by atoms with Crippen molar-refractivity contribution < 1.29 is 4.39 Å². The van der Waals surface area contributed by atoms with Crippen LogP contribution >= 0.6 is 15.9 Å². The summed E-state index contributed by atoms with van der Waals surface area (Å²) in [6.45, 7) is 6.30. The predicted octanol–water partition coefficient (Wildman–Crippen LogP) is 3.99. The lowest BCUT2D eigenvalue weighted by molar-refractivity contribution is 0.564. The first kappa shape index (κ1) is 14.1. The van der Waals surface area contributed by atoms with Crippen LogP contribution in [0, 0.1) is 5.82 Å². The first-order valence-electron chi connectivity index (χ1n) is 6.51. The maximum atomic E-state index is 13.5. The van der Waals surface area contributed by atoms with Gasteiger partial charge in [0.2, 0.25) is 0 Å². The van der Waals surface area contributed by atoms with E-state index in [-0.39, 0.29) is 11.2 Å². The highest BCUT2D eigenvalue weighted by atomic mass is 79.9. The maximum absolute atomic E-state index is 13.5. The molecule has 108 valence electrons. The van der Waals surface area contributed by atoms with Gasteiger partial charge < -0.3 is 4.40 Å². The molecular weight excluding hydrogens is 335 g/mol. The molecule has 3 rings (SSSR count). The van der Waals surface area contributed by atoms with E-state index in [4.69, 9.17) is 0 Å². The van der Waals surface area contributed by atoms with Crippen LogP contribution in [0.25, 0.3) is 17.0 Å². The van der Waals surface area contributed by atoms with Crippen LogP contribution in [0.2, 0.25) is 0 Å². The number of aromatic nitrogens is 4. The number of rotatable bonds is 1. The van der Waals surface area contributed by atoms with Gasteiger partial charge in [-0.25, -0.2) is 14.4 Å². The van der Waals surface area contributed by atoms with E-state index in [0.717, 1.165) is 5.69 Å². The molecule has 0 aromatic carbocycles. The van der Waals surface area contributed by atoms with Crippen molar-refractivity contribution in [3.8, 4) is 11.4 Å². The molecule has 0 saturated heterocycles. The summed E-state index contributed by atoms with van der Waals surface area (Å²) in [5.41, 5.74) is 2.73. The average Bonchev–Trinajstić information content (AvgIpc) is 2.79. The van der Waals surface area contributed by atoms with Crippen LogP contribution in [0.3, 0.4) is 0 Å². The highest BCUT2D eigenvalue weighted by molar-refractivity contribution is 9.10. The zero-order valence-corrected chi connectivity index (χ0v) is 13.5. The zero-order chi connectivity index (χ0) is 15.2. The van der Waals surface area contributed by atoms with Gasteiger partial charge in [0.1, 0.15) is 16.1 Å². The third-order valence-electron chi connectivity index (χ3n) is 3.13. The molecule has 0 saturated carbocycles. The Kier molecular flexibility index (Phi) is 3.28. The second-order valence-electron chi connectivity index (χ2n) is 5.91. The number of pyridine rings is 1. The Morgan fingerprint density at radius 3 is 2.52 bits per heavy atom. The summed E-state index contributed by atoms with van der Waals surface area (Å²) in [5.74, 6) is -0.350. The first-order chi connectivity index (χ1) is 9.83. The Morgan fingerprint density at radius 2 is 1.86 bits per heavy atom. The van der Waals surface area contributed by atoms with E-state index in [9.17, 15) is 4.39 Å². The summed E-state index contributed by atoms with van der Waals surface area (Å²) in [5, 5.41) is 0. The molecule has 0 unspecified atom stereocenters. The van der Waals surface area contributed by atoms with Gasteiger partial charge in [0.05, 0.1) is 17.6 Å². The van der Waals surface area contributed by atoms with Crippen molar-refractivity contribution in [3.63, 3.8) is 0 Å². The Labute approximate surface area is 130 Å². The lowest BCUT2D eigenvalue weighted by Gasteiger charge is -2.17. The van der Waals surface area contributed by atoms with E-state index in [1.54, 1.807) is 6.20 Å². The molecule has 0 fully saturated rings. The molecule has 0 N–H and O–H groups in total. The molecular formula is C15H14BrFN4. The van der Waals surface area contributed by atoms with Gasteiger partial charge in [-0.15, -0.1) is 0 Å².